The van der Waals surface area contributed by atoms with Gasteiger partial charge in [-0.15, -0.1) is 0 Å². The molecule has 3 aromatic carbocycles. The molecule has 1 atom stereocenters. The molecule has 1 unspecified atom stereocenters. The molecule has 1 aliphatic rings. The number of Topliss-reactive ketones (excluding diaryl/α,β-unsaturated/α-hetero) is 1. The van der Waals surface area contributed by atoms with Gasteiger partial charge >= 0.3 is 0 Å². The van der Waals surface area contributed by atoms with Crippen molar-refractivity contribution in [3.8, 4) is 11.5 Å². The minimum atomic E-state index is -0.948. The standard InChI is InChI=1S/C29H25NO6/c1-3-15-35-20-11-8-10-19(17-20)30-26(21-12-5-7-14-23(21)34-2)25(28(32)29(30)33)27(31)24-16-18-9-4-6-13-22(18)36-24/h4-14,16-17,26,32H,3,15H2,1-2H3. The van der Waals surface area contributed by atoms with Crippen molar-refractivity contribution >= 4 is 28.3 Å². The molecule has 1 aliphatic heterocycles. The predicted octanol–water partition coefficient (Wildman–Crippen LogP) is 6.01. The molecule has 4 aromatic rings. The lowest BCUT2D eigenvalue weighted by Crippen LogP contribution is -2.31. The Morgan fingerprint density at radius 3 is 2.58 bits per heavy atom. The van der Waals surface area contributed by atoms with Crippen molar-refractivity contribution < 1.29 is 28.6 Å². The molecule has 0 saturated carbocycles. The summed E-state index contributed by atoms with van der Waals surface area (Å²) in [6.45, 7) is 2.52. The summed E-state index contributed by atoms with van der Waals surface area (Å²) in [7, 11) is 1.52. The molecule has 7 nitrogen and oxygen atoms in total. The number of amides is 1. The molecule has 5 rings (SSSR count). The lowest BCUT2D eigenvalue weighted by Gasteiger charge is -2.28. The second-order valence-electron chi connectivity index (χ2n) is 8.41. The lowest BCUT2D eigenvalue weighted by atomic mass is 9.94. The third-order valence-electron chi connectivity index (χ3n) is 6.10. The van der Waals surface area contributed by atoms with Gasteiger partial charge in [-0.05, 0) is 36.8 Å². The molecule has 0 aliphatic carbocycles. The fourth-order valence-electron chi connectivity index (χ4n) is 4.46. The summed E-state index contributed by atoms with van der Waals surface area (Å²) in [6.07, 6.45) is 0.829. The average Bonchev–Trinajstić information content (AvgIpc) is 3.46. The van der Waals surface area contributed by atoms with Gasteiger partial charge in [-0.1, -0.05) is 49.4 Å². The normalized spacial score (nSPS) is 15.6. The number of fused-ring (bicyclic) bond motifs is 1. The molecule has 0 fully saturated rings. The first-order valence-electron chi connectivity index (χ1n) is 11.7. The van der Waals surface area contributed by atoms with E-state index in [0.29, 0.717) is 34.9 Å². The van der Waals surface area contributed by atoms with Gasteiger partial charge in [0.15, 0.2) is 11.5 Å². The van der Waals surface area contributed by atoms with Crippen molar-refractivity contribution in [3.63, 3.8) is 0 Å². The zero-order valence-corrected chi connectivity index (χ0v) is 19.9. The third-order valence-corrected chi connectivity index (χ3v) is 6.10. The summed E-state index contributed by atoms with van der Waals surface area (Å²) in [4.78, 5) is 28.7. The minimum Gasteiger partial charge on any atom is -0.503 e. The molecular weight excluding hydrogens is 458 g/mol. The van der Waals surface area contributed by atoms with Gasteiger partial charge in [-0.25, -0.2) is 0 Å². The number of aliphatic hydroxyl groups is 1. The predicted molar refractivity (Wildman–Crippen MR) is 136 cm³/mol. The molecular formula is C29H25NO6. The van der Waals surface area contributed by atoms with Gasteiger partial charge in [-0.3, -0.25) is 14.5 Å². The first kappa shape index (κ1) is 23.2. The first-order valence-corrected chi connectivity index (χ1v) is 11.7. The molecule has 1 N–H and O–H groups in total. The van der Waals surface area contributed by atoms with E-state index in [-0.39, 0.29) is 11.3 Å². The van der Waals surface area contributed by atoms with Crippen molar-refractivity contribution in [1.82, 2.24) is 0 Å². The molecule has 182 valence electrons. The van der Waals surface area contributed by atoms with Gasteiger partial charge in [0.2, 0.25) is 5.78 Å². The highest BCUT2D eigenvalue weighted by Gasteiger charge is 2.46. The van der Waals surface area contributed by atoms with Crippen molar-refractivity contribution in [1.29, 1.82) is 0 Å². The van der Waals surface area contributed by atoms with E-state index in [0.717, 1.165) is 11.8 Å². The van der Waals surface area contributed by atoms with Crippen LogP contribution in [0.3, 0.4) is 0 Å². The van der Waals surface area contributed by atoms with E-state index in [1.54, 1.807) is 60.7 Å². The van der Waals surface area contributed by atoms with Crippen LogP contribution >= 0.6 is 0 Å². The summed E-state index contributed by atoms with van der Waals surface area (Å²) < 4.78 is 17.1. The highest BCUT2D eigenvalue weighted by Crippen LogP contribution is 2.45. The van der Waals surface area contributed by atoms with Crippen molar-refractivity contribution in [2.75, 3.05) is 18.6 Å². The SMILES string of the molecule is CCCOc1cccc(N2C(=O)C(O)=C(C(=O)c3cc4ccccc4o3)C2c2ccccc2OC)c1. The number of nitrogens with zero attached hydrogens (tertiary/aromatic N) is 1. The zero-order valence-electron chi connectivity index (χ0n) is 19.9. The Morgan fingerprint density at radius 1 is 1.03 bits per heavy atom. The Hall–Kier alpha value is -4.52. The van der Waals surface area contributed by atoms with Gasteiger partial charge in [0.25, 0.3) is 5.91 Å². The van der Waals surface area contributed by atoms with E-state index < -0.39 is 23.5 Å². The number of ether oxygens (including phenoxy) is 2. The molecule has 1 amide bonds. The molecule has 2 heterocycles. The van der Waals surface area contributed by atoms with Gasteiger partial charge in [-0.2, -0.15) is 0 Å². The number of ketones is 1. The van der Waals surface area contributed by atoms with Crippen LogP contribution in [0.15, 0.2) is 94.6 Å². The maximum absolute atomic E-state index is 13.8. The Morgan fingerprint density at radius 2 is 1.81 bits per heavy atom. The Kier molecular flexibility index (Phi) is 6.21. The van der Waals surface area contributed by atoms with Crippen LogP contribution in [0.25, 0.3) is 11.0 Å². The van der Waals surface area contributed by atoms with Gasteiger partial charge in [0.1, 0.15) is 17.1 Å². The van der Waals surface area contributed by atoms with Crippen LogP contribution in [-0.2, 0) is 4.79 Å². The molecule has 36 heavy (non-hydrogen) atoms. The number of methoxy groups -OCH3 is 1. The number of benzene rings is 3. The number of aliphatic hydroxyl groups excluding tert-OH is 1. The topological polar surface area (TPSA) is 89.2 Å². The second kappa shape index (κ2) is 9.62. The fourth-order valence-corrected chi connectivity index (χ4v) is 4.46. The molecule has 0 radical (unpaired) electrons. The highest BCUT2D eigenvalue weighted by molar-refractivity contribution is 6.20. The molecule has 7 heteroatoms. The number of hydrogen-bond acceptors (Lipinski definition) is 6. The number of carbonyl (C=O) groups excluding carboxylic acids is 2. The van der Waals surface area contributed by atoms with Crippen LogP contribution in [-0.4, -0.2) is 30.5 Å². The lowest BCUT2D eigenvalue weighted by molar-refractivity contribution is -0.117. The largest absolute Gasteiger partial charge is 0.503 e. The molecule has 0 bridgehead atoms. The van der Waals surface area contributed by atoms with E-state index in [2.05, 4.69) is 0 Å². The summed E-state index contributed by atoms with van der Waals surface area (Å²) >= 11 is 0. The minimum absolute atomic E-state index is 0.0346. The number of anilines is 1. The van der Waals surface area contributed by atoms with E-state index in [1.165, 1.54) is 12.0 Å². The summed E-state index contributed by atoms with van der Waals surface area (Å²) in [6, 6.07) is 22.0. The van der Waals surface area contributed by atoms with E-state index in [1.807, 2.05) is 25.1 Å². The maximum atomic E-state index is 13.8. The molecule has 0 spiro atoms. The number of carbonyl (C=O) groups is 2. The summed E-state index contributed by atoms with van der Waals surface area (Å²) in [5.41, 5.74) is 1.49. The molecule has 0 saturated heterocycles. The van der Waals surface area contributed by atoms with Gasteiger partial charge < -0.3 is 19.0 Å². The van der Waals surface area contributed by atoms with Gasteiger partial charge in [0.05, 0.1) is 25.3 Å². The summed E-state index contributed by atoms with van der Waals surface area (Å²) in [5, 5.41) is 11.8. The third kappa shape index (κ3) is 3.98. The van der Waals surface area contributed by atoms with E-state index >= 15 is 0 Å². The Labute approximate surface area is 208 Å². The Bertz CT molecular complexity index is 1450. The highest BCUT2D eigenvalue weighted by atomic mass is 16.5. The van der Waals surface area contributed by atoms with Crippen LogP contribution in [0.2, 0.25) is 0 Å². The maximum Gasteiger partial charge on any atom is 0.294 e. The van der Waals surface area contributed by atoms with Crippen molar-refractivity contribution in [2.45, 2.75) is 19.4 Å². The first-order chi connectivity index (χ1) is 17.5. The number of rotatable bonds is 8. The monoisotopic (exact) mass is 483 g/mol. The van der Waals surface area contributed by atoms with Crippen LogP contribution in [0.4, 0.5) is 5.69 Å². The van der Waals surface area contributed by atoms with Crippen LogP contribution in [0.1, 0.15) is 35.5 Å². The number of hydrogen-bond donors (Lipinski definition) is 1. The van der Waals surface area contributed by atoms with E-state index in [9.17, 15) is 14.7 Å². The van der Waals surface area contributed by atoms with Crippen LogP contribution < -0.4 is 14.4 Å². The van der Waals surface area contributed by atoms with Crippen molar-refractivity contribution in [3.05, 3.63) is 102 Å². The zero-order chi connectivity index (χ0) is 25.2. The van der Waals surface area contributed by atoms with Gasteiger partial charge in [0, 0.05) is 22.7 Å². The van der Waals surface area contributed by atoms with Crippen LogP contribution in [0, 0.1) is 0 Å². The molecule has 1 aromatic heterocycles. The van der Waals surface area contributed by atoms with Crippen LogP contribution in [0.5, 0.6) is 11.5 Å². The Balaban J connectivity index is 1.65. The number of furan rings is 1. The smallest absolute Gasteiger partial charge is 0.294 e. The quantitative estimate of drug-likeness (QED) is 0.309. The average molecular weight is 484 g/mol. The number of para-hydroxylation sites is 2. The fraction of sp³-hybridized carbons (Fsp3) is 0.172. The summed E-state index contributed by atoms with van der Waals surface area (Å²) in [5.74, 6) is -0.809. The second-order valence-corrected chi connectivity index (χ2v) is 8.41. The van der Waals surface area contributed by atoms with E-state index in [4.69, 9.17) is 13.9 Å². The van der Waals surface area contributed by atoms with Crippen molar-refractivity contribution in [2.24, 2.45) is 0 Å².